The second-order valence-electron chi connectivity index (χ2n) is 6.06. The van der Waals surface area contributed by atoms with Gasteiger partial charge in [0, 0.05) is 25.8 Å². The maximum Gasteiger partial charge on any atom is 0.305 e. The molecule has 9 nitrogen and oxygen atoms in total. The lowest BCUT2D eigenvalue weighted by atomic mass is 10.3. The molecule has 1 aliphatic rings. The summed E-state index contributed by atoms with van der Waals surface area (Å²) in [6.07, 6.45) is 0.240. The van der Waals surface area contributed by atoms with Crippen molar-refractivity contribution in [1.29, 1.82) is 0 Å². The second-order valence-corrected chi connectivity index (χ2v) is 6.06. The molecule has 1 aliphatic heterocycles. The van der Waals surface area contributed by atoms with Crippen LogP contribution in [0.4, 0.5) is 0 Å². The van der Waals surface area contributed by atoms with Gasteiger partial charge in [0.05, 0.1) is 0 Å². The number of benzene rings is 1. The van der Waals surface area contributed by atoms with Crippen LogP contribution in [0.3, 0.4) is 0 Å². The van der Waals surface area contributed by atoms with Crippen LogP contribution in [-0.4, -0.2) is 35.1 Å². The zero-order chi connectivity index (χ0) is 19.9. The van der Waals surface area contributed by atoms with Crippen LogP contribution < -0.4 is 15.6 Å². The number of nitrogens with one attached hydrogen (secondary N) is 2. The molecule has 1 aromatic heterocycles. The van der Waals surface area contributed by atoms with E-state index < -0.39 is 11.8 Å². The molecule has 0 saturated carbocycles. The van der Waals surface area contributed by atoms with Crippen LogP contribution in [-0.2, 0) is 21.0 Å². The van der Waals surface area contributed by atoms with Crippen LogP contribution in [0.1, 0.15) is 35.6 Å². The van der Waals surface area contributed by atoms with Gasteiger partial charge >= 0.3 is 5.91 Å². The number of para-hydroxylation sites is 1. The fourth-order valence-electron chi connectivity index (χ4n) is 2.58. The molecule has 3 rings (SSSR count). The first-order chi connectivity index (χ1) is 13.5. The minimum Gasteiger partial charge on any atom is -0.486 e. The summed E-state index contributed by atoms with van der Waals surface area (Å²) in [5, 5.41) is 0. The van der Waals surface area contributed by atoms with E-state index in [1.54, 1.807) is 18.2 Å². The monoisotopic (exact) mass is 385 g/mol. The number of imide groups is 1. The fraction of sp³-hybridized carbons (Fsp3) is 0.263. The van der Waals surface area contributed by atoms with E-state index in [9.17, 15) is 19.2 Å². The summed E-state index contributed by atoms with van der Waals surface area (Å²) >= 11 is 0. The lowest BCUT2D eigenvalue weighted by molar-refractivity contribution is -0.138. The zero-order valence-electron chi connectivity index (χ0n) is 15.0. The van der Waals surface area contributed by atoms with Gasteiger partial charge in [0.1, 0.15) is 18.1 Å². The molecular formula is C19H19N3O6. The summed E-state index contributed by atoms with van der Waals surface area (Å²) in [4.78, 5) is 47.8. The summed E-state index contributed by atoms with van der Waals surface area (Å²) in [5.41, 5.74) is 4.44. The number of ether oxygens (including phenoxy) is 1. The average molecular weight is 385 g/mol. The van der Waals surface area contributed by atoms with Gasteiger partial charge in [-0.3, -0.25) is 34.9 Å². The molecule has 2 aromatic rings. The fourth-order valence-corrected chi connectivity index (χ4v) is 2.58. The first-order valence-corrected chi connectivity index (χ1v) is 8.72. The van der Waals surface area contributed by atoms with Gasteiger partial charge in [0.15, 0.2) is 5.76 Å². The first-order valence-electron chi connectivity index (χ1n) is 8.72. The van der Waals surface area contributed by atoms with Gasteiger partial charge < -0.3 is 9.15 Å². The predicted molar refractivity (Wildman–Crippen MR) is 95.7 cm³/mol. The van der Waals surface area contributed by atoms with Crippen molar-refractivity contribution in [2.24, 2.45) is 0 Å². The molecule has 4 amide bonds. The molecule has 0 bridgehead atoms. The Labute approximate surface area is 160 Å². The molecular weight excluding hydrogens is 366 g/mol. The summed E-state index contributed by atoms with van der Waals surface area (Å²) in [5.74, 6) is -0.603. The second kappa shape index (κ2) is 8.85. The van der Waals surface area contributed by atoms with Crippen molar-refractivity contribution in [3.05, 3.63) is 54.0 Å². The van der Waals surface area contributed by atoms with Gasteiger partial charge in [0.25, 0.3) is 0 Å². The van der Waals surface area contributed by atoms with Gasteiger partial charge in [-0.25, -0.2) is 0 Å². The van der Waals surface area contributed by atoms with Crippen LogP contribution in [0.5, 0.6) is 5.75 Å². The lowest BCUT2D eigenvalue weighted by Crippen LogP contribution is -2.43. The highest BCUT2D eigenvalue weighted by molar-refractivity contribution is 6.02. The van der Waals surface area contributed by atoms with E-state index in [1.165, 1.54) is 6.07 Å². The molecule has 0 radical (unpaired) electrons. The quantitative estimate of drug-likeness (QED) is 0.545. The van der Waals surface area contributed by atoms with E-state index in [1.807, 2.05) is 18.2 Å². The number of likely N-dealkylation sites (tertiary alicyclic amines) is 1. The van der Waals surface area contributed by atoms with Crippen LogP contribution >= 0.6 is 0 Å². The minimum atomic E-state index is -0.632. The van der Waals surface area contributed by atoms with Gasteiger partial charge in [-0.05, 0) is 24.3 Å². The lowest BCUT2D eigenvalue weighted by Gasteiger charge is -2.13. The number of carbonyl (C=O) groups is 4. The number of rotatable bonds is 7. The molecule has 146 valence electrons. The molecule has 28 heavy (non-hydrogen) atoms. The Balaban J connectivity index is 1.41. The third-order valence-corrected chi connectivity index (χ3v) is 4.04. The van der Waals surface area contributed by atoms with Crippen molar-refractivity contribution in [2.75, 3.05) is 6.54 Å². The van der Waals surface area contributed by atoms with E-state index in [4.69, 9.17) is 9.15 Å². The molecule has 1 fully saturated rings. The number of carbonyl (C=O) groups excluding carboxylic acids is 4. The molecule has 2 heterocycles. The molecule has 9 heteroatoms. The minimum absolute atomic E-state index is 0.0110. The zero-order valence-corrected chi connectivity index (χ0v) is 15.0. The van der Waals surface area contributed by atoms with Crippen LogP contribution in [0.15, 0.2) is 46.9 Å². The van der Waals surface area contributed by atoms with E-state index in [0.717, 1.165) is 4.90 Å². The van der Waals surface area contributed by atoms with Crippen molar-refractivity contribution in [2.45, 2.75) is 25.9 Å². The van der Waals surface area contributed by atoms with Crippen molar-refractivity contribution < 1.29 is 28.3 Å². The number of hydrazine groups is 1. The molecule has 1 aromatic carbocycles. The largest absolute Gasteiger partial charge is 0.486 e. The summed E-state index contributed by atoms with van der Waals surface area (Å²) in [6, 6.07) is 12.2. The van der Waals surface area contributed by atoms with Gasteiger partial charge in [-0.2, -0.15) is 0 Å². The Morgan fingerprint density at radius 2 is 1.71 bits per heavy atom. The smallest absolute Gasteiger partial charge is 0.305 e. The molecule has 0 unspecified atom stereocenters. The first kappa shape index (κ1) is 19.2. The van der Waals surface area contributed by atoms with Crippen LogP contribution in [0.25, 0.3) is 0 Å². The number of hydrogen-bond donors (Lipinski definition) is 2. The topological polar surface area (TPSA) is 118 Å². The number of nitrogens with zero attached hydrogens (tertiary/aromatic N) is 1. The third kappa shape index (κ3) is 4.97. The van der Waals surface area contributed by atoms with Crippen molar-refractivity contribution >= 4 is 23.6 Å². The summed E-state index contributed by atoms with van der Waals surface area (Å²) in [6.45, 7) is 0.142. The molecule has 0 atom stereocenters. The molecule has 0 spiro atoms. The highest BCUT2D eigenvalue weighted by atomic mass is 16.5. The maximum absolute atomic E-state index is 12.0. The SMILES string of the molecule is O=C(CCN1C(=O)CCC1=O)NNC(=O)c1ccc(COc2ccccc2)o1. The Morgan fingerprint density at radius 1 is 1.00 bits per heavy atom. The molecule has 2 N–H and O–H groups in total. The third-order valence-electron chi connectivity index (χ3n) is 4.04. The Morgan fingerprint density at radius 3 is 2.43 bits per heavy atom. The van der Waals surface area contributed by atoms with Crippen LogP contribution in [0, 0.1) is 0 Å². The highest BCUT2D eigenvalue weighted by Gasteiger charge is 2.28. The number of furan rings is 1. The van der Waals surface area contributed by atoms with Crippen molar-refractivity contribution in [1.82, 2.24) is 15.8 Å². The molecule has 0 aliphatic carbocycles. The van der Waals surface area contributed by atoms with E-state index in [2.05, 4.69) is 10.9 Å². The maximum atomic E-state index is 12.0. The Kier molecular flexibility index (Phi) is 6.05. The summed E-state index contributed by atoms with van der Waals surface area (Å²) < 4.78 is 10.9. The van der Waals surface area contributed by atoms with Gasteiger partial charge in [-0.15, -0.1) is 0 Å². The van der Waals surface area contributed by atoms with E-state index in [-0.39, 0.29) is 50.0 Å². The predicted octanol–water partition coefficient (Wildman–Crippen LogP) is 1.16. The van der Waals surface area contributed by atoms with Crippen LogP contribution in [0.2, 0.25) is 0 Å². The number of hydrogen-bond acceptors (Lipinski definition) is 6. The normalized spacial score (nSPS) is 13.5. The van der Waals surface area contributed by atoms with E-state index >= 15 is 0 Å². The Hall–Kier alpha value is -3.62. The number of amides is 4. The standard InChI is InChI=1S/C19H19N3O6/c23-16(10-11-22-17(24)8-9-18(22)25)20-21-19(26)15-7-6-14(28-15)12-27-13-4-2-1-3-5-13/h1-7H,8-12H2,(H,20,23)(H,21,26). The summed E-state index contributed by atoms with van der Waals surface area (Å²) in [7, 11) is 0. The van der Waals surface area contributed by atoms with Crippen molar-refractivity contribution in [3.63, 3.8) is 0 Å². The molecule has 1 saturated heterocycles. The highest BCUT2D eigenvalue weighted by Crippen LogP contribution is 2.14. The Bertz CT molecular complexity index is 861. The van der Waals surface area contributed by atoms with Crippen molar-refractivity contribution in [3.8, 4) is 5.75 Å². The van der Waals surface area contributed by atoms with Gasteiger partial charge in [-0.1, -0.05) is 18.2 Å². The van der Waals surface area contributed by atoms with Gasteiger partial charge in [0.2, 0.25) is 17.7 Å². The van der Waals surface area contributed by atoms with E-state index in [0.29, 0.717) is 11.5 Å². The average Bonchev–Trinajstić information content (AvgIpc) is 3.30.